The van der Waals surface area contributed by atoms with Crippen molar-refractivity contribution in [1.82, 2.24) is 9.62 Å². The van der Waals surface area contributed by atoms with Gasteiger partial charge in [-0.2, -0.15) is 4.31 Å². The Labute approximate surface area is 196 Å². The molecule has 2 N–H and O–H groups in total. The van der Waals surface area contributed by atoms with Gasteiger partial charge >= 0.3 is 0 Å². The van der Waals surface area contributed by atoms with Crippen molar-refractivity contribution in [2.45, 2.75) is 17.9 Å². The van der Waals surface area contributed by atoms with Crippen LogP contribution < -0.4 is 10.6 Å². The van der Waals surface area contributed by atoms with Crippen molar-refractivity contribution in [2.24, 2.45) is 0 Å². The lowest BCUT2D eigenvalue weighted by Crippen LogP contribution is -2.35. The number of fused-ring (bicyclic) bond motifs is 1. The van der Waals surface area contributed by atoms with E-state index in [0.717, 1.165) is 5.56 Å². The Balaban J connectivity index is 1.40. The summed E-state index contributed by atoms with van der Waals surface area (Å²) in [5.74, 6) is 1.51. The summed E-state index contributed by atoms with van der Waals surface area (Å²) in [6.45, 7) is 0.440. The molecule has 0 atom stereocenters. The average Bonchev–Trinajstić information content (AvgIpc) is 3.31. The van der Waals surface area contributed by atoms with Crippen molar-refractivity contribution in [2.75, 3.05) is 18.4 Å². The van der Waals surface area contributed by atoms with Crippen molar-refractivity contribution >= 4 is 38.9 Å². The maximum absolute atomic E-state index is 13.1. The number of benzene rings is 2. The van der Waals surface area contributed by atoms with Gasteiger partial charge in [-0.15, -0.1) is 17.8 Å². The van der Waals surface area contributed by atoms with E-state index in [2.05, 4.69) is 16.6 Å². The van der Waals surface area contributed by atoms with Gasteiger partial charge in [0.2, 0.25) is 15.9 Å². The fourth-order valence-electron chi connectivity index (χ4n) is 3.53. The summed E-state index contributed by atoms with van der Waals surface area (Å²) in [5, 5.41) is 7.14. The van der Waals surface area contributed by atoms with Gasteiger partial charge in [0, 0.05) is 34.8 Å². The first kappa shape index (κ1) is 22.7. The molecule has 3 aromatic rings. The van der Waals surface area contributed by atoms with E-state index in [4.69, 9.17) is 6.42 Å². The molecular formula is C24H21N3O4S2. The lowest BCUT2D eigenvalue weighted by molar-refractivity contribution is -0.115. The molecule has 1 aliphatic heterocycles. The Morgan fingerprint density at radius 3 is 2.76 bits per heavy atom. The number of amides is 2. The van der Waals surface area contributed by atoms with Gasteiger partial charge in [-0.3, -0.25) is 9.59 Å². The van der Waals surface area contributed by atoms with Crippen LogP contribution in [0.1, 0.15) is 26.4 Å². The molecule has 7 nitrogen and oxygen atoms in total. The second kappa shape index (κ2) is 9.58. The van der Waals surface area contributed by atoms with Crippen LogP contribution in [0.2, 0.25) is 0 Å². The van der Waals surface area contributed by atoms with E-state index in [1.807, 2.05) is 11.4 Å². The van der Waals surface area contributed by atoms with Crippen molar-refractivity contribution in [3.8, 4) is 12.3 Å². The number of rotatable bonds is 6. The molecule has 0 bridgehead atoms. The Bertz CT molecular complexity index is 1360. The number of carbonyl (C=O) groups excluding carboxylic acids is 2. The Kier molecular flexibility index (Phi) is 6.60. The predicted molar refractivity (Wildman–Crippen MR) is 127 cm³/mol. The maximum atomic E-state index is 13.1. The standard InChI is InChI=1S/C24H21N3O4S2/c1-2-17-5-3-7-20(13-17)26-23(28)15-25-24(29)18-6-4-8-21(14-18)33(30,31)27-11-9-22-19(16-27)10-12-32-22/h1,3-8,10,12-14H,9,11,15-16H2,(H,25,29)(H,26,28). The second-order valence-electron chi connectivity index (χ2n) is 7.44. The zero-order valence-electron chi connectivity index (χ0n) is 17.6. The number of hydrogen-bond donors (Lipinski definition) is 2. The number of nitrogens with one attached hydrogen (secondary N) is 2. The van der Waals surface area contributed by atoms with Crippen molar-refractivity contribution in [3.05, 3.63) is 81.5 Å². The van der Waals surface area contributed by atoms with Crippen LogP contribution >= 0.6 is 11.3 Å². The minimum Gasteiger partial charge on any atom is -0.343 e. The molecule has 0 unspecified atom stereocenters. The van der Waals surface area contributed by atoms with E-state index in [0.29, 0.717) is 30.8 Å². The Morgan fingerprint density at radius 2 is 1.94 bits per heavy atom. The van der Waals surface area contributed by atoms with E-state index in [1.165, 1.54) is 33.4 Å². The van der Waals surface area contributed by atoms with Crippen LogP contribution in [-0.4, -0.2) is 37.6 Å². The third-order valence-corrected chi connectivity index (χ3v) is 8.09. The molecule has 0 fully saturated rings. The quantitative estimate of drug-likeness (QED) is 0.532. The summed E-state index contributed by atoms with van der Waals surface area (Å²) in [5.41, 5.74) is 2.32. The minimum atomic E-state index is -3.75. The van der Waals surface area contributed by atoms with E-state index in [9.17, 15) is 18.0 Å². The summed E-state index contributed by atoms with van der Waals surface area (Å²) in [7, 11) is -3.75. The van der Waals surface area contributed by atoms with Gasteiger partial charge in [0.15, 0.2) is 0 Å². The smallest absolute Gasteiger partial charge is 0.251 e. The molecule has 0 saturated heterocycles. The van der Waals surface area contributed by atoms with Gasteiger partial charge < -0.3 is 10.6 Å². The van der Waals surface area contributed by atoms with Crippen LogP contribution in [0.4, 0.5) is 5.69 Å². The van der Waals surface area contributed by atoms with E-state index < -0.39 is 21.8 Å². The highest BCUT2D eigenvalue weighted by Gasteiger charge is 2.29. The number of nitrogens with zero attached hydrogens (tertiary/aromatic N) is 1. The van der Waals surface area contributed by atoms with Crippen molar-refractivity contribution in [1.29, 1.82) is 0 Å². The Morgan fingerprint density at radius 1 is 1.12 bits per heavy atom. The van der Waals surface area contributed by atoms with E-state index in [-0.39, 0.29) is 17.0 Å². The van der Waals surface area contributed by atoms with Gasteiger partial charge in [-0.1, -0.05) is 18.1 Å². The lowest BCUT2D eigenvalue weighted by Gasteiger charge is -2.26. The molecule has 0 saturated carbocycles. The van der Waals surface area contributed by atoms with E-state index in [1.54, 1.807) is 35.6 Å². The topological polar surface area (TPSA) is 95.6 Å². The van der Waals surface area contributed by atoms with E-state index >= 15 is 0 Å². The SMILES string of the molecule is C#Cc1cccc(NC(=O)CNC(=O)c2cccc(S(=O)(=O)N3CCc4sccc4C3)c2)c1. The van der Waals surface area contributed by atoms with Gasteiger partial charge in [-0.25, -0.2) is 8.42 Å². The summed E-state index contributed by atoms with van der Waals surface area (Å²) in [6, 6.07) is 14.6. The lowest BCUT2D eigenvalue weighted by atomic mass is 10.1. The summed E-state index contributed by atoms with van der Waals surface area (Å²) < 4.78 is 27.7. The summed E-state index contributed by atoms with van der Waals surface area (Å²) in [4.78, 5) is 26.0. The fourth-order valence-corrected chi connectivity index (χ4v) is 5.88. The average molecular weight is 480 g/mol. The molecule has 0 spiro atoms. The summed E-state index contributed by atoms with van der Waals surface area (Å²) in [6.07, 6.45) is 6.03. The monoisotopic (exact) mass is 479 g/mol. The van der Waals surface area contributed by atoms with Gasteiger partial charge in [0.25, 0.3) is 5.91 Å². The molecule has 9 heteroatoms. The Hall–Kier alpha value is -3.45. The molecule has 168 valence electrons. The molecule has 4 rings (SSSR count). The number of sulfonamides is 1. The van der Waals surface area contributed by atoms with Crippen LogP contribution in [0.15, 0.2) is 64.9 Å². The van der Waals surface area contributed by atoms with Gasteiger partial charge in [0.05, 0.1) is 11.4 Å². The minimum absolute atomic E-state index is 0.0457. The molecule has 2 aromatic carbocycles. The van der Waals surface area contributed by atoms with Crippen LogP contribution in [0, 0.1) is 12.3 Å². The molecule has 33 heavy (non-hydrogen) atoms. The highest BCUT2D eigenvalue weighted by atomic mass is 32.2. The van der Waals surface area contributed by atoms with Crippen LogP contribution in [0.3, 0.4) is 0 Å². The number of anilines is 1. The van der Waals surface area contributed by atoms with Crippen LogP contribution in [0.5, 0.6) is 0 Å². The molecule has 2 heterocycles. The fraction of sp³-hybridized carbons (Fsp3) is 0.167. The number of thiophene rings is 1. The largest absolute Gasteiger partial charge is 0.343 e. The first-order chi connectivity index (χ1) is 15.9. The molecular weight excluding hydrogens is 458 g/mol. The van der Waals surface area contributed by atoms with Crippen molar-refractivity contribution < 1.29 is 18.0 Å². The number of carbonyl (C=O) groups is 2. The second-order valence-corrected chi connectivity index (χ2v) is 10.4. The van der Waals surface area contributed by atoms with Crippen LogP contribution in [-0.2, 0) is 27.8 Å². The number of hydrogen-bond acceptors (Lipinski definition) is 5. The zero-order valence-corrected chi connectivity index (χ0v) is 19.2. The zero-order chi connectivity index (χ0) is 23.4. The number of terminal acetylenes is 1. The van der Waals surface area contributed by atoms with Crippen molar-refractivity contribution in [3.63, 3.8) is 0 Å². The highest BCUT2D eigenvalue weighted by Crippen LogP contribution is 2.28. The first-order valence-electron chi connectivity index (χ1n) is 10.2. The molecule has 1 aliphatic rings. The normalized spacial score (nSPS) is 13.5. The first-order valence-corrected chi connectivity index (χ1v) is 12.5. The maximum Gasteiger partial charge on any atom is 0.251 e. The third-order valence-electron chi connectivity index (χ3n) is 5.23. The highest BCUT2D eigenvalue weighted by molar-refractivity contribution is 7.89. The molecule has 2 amide bonds. The van der Waals surface area contributed by atoms with Gasteiger partial charge in [-0.05, 0) is 59.8 Å². The molecule has 0 aliphatic carbocycles. The predicted octanol–water partition coefficient (Wildman–Crippen LogP) is 2.84. The van der Waals surface area contributed by atoms with Gasteiger partial charge in [0.1, 0.15) is 0 Å². The van der Waals surface area contributed by atoms with Crippen LogP contribution in [0.25, 0.3) is 0 Å². The third kappa shape index (κ3) is 5.14. The molecule has 1 aromatic heterocycles. The summed E-state index contributed by atoms with van der Waals surface area (Å²) >= 11 is 1.63. The molecule has 0 radical (unpaired) electrons.